The van der Waals surface area contributed by atoms with Crippen LogP contribution in [0.3, 0.4) is 0 Å². The van der Waals surface area contributed by atoms with Crippen molar-refractivity contribution < 1.29 is 9.59 Å². The molecule has 3 rings (SSSR count). The van der Waals surface area contributed by atoms with Crippen molar-refractivity contribution in [1.29, 1.82) is 0 Å². The van der Waals surface area contributed by atoms with E-state index in [1.54, 1.807) is 13.1 Å². The van der Waals surface area contributed by atoms with Crippen molar-refractivity contribution in [3.05, 3.63) is 65.0 Å². The van der Waals surface area contributed by atoms with Gasteiger partial charge in [-0.3, -0.25) is 14.6 Å². The highest BCUT2D eigenvalue weighted by atomic mass is 16.2. The predicted molar refractivity (Wildman–Crippen MR) is 118 cm³/mol. The summed E-state index contributed by atoms with van der Waals surface area (Å²) in [6, 6.07) is 12.1. The van der Waals surface area contributed by atoms with E-state index in [0.717, 1.165) is 49.3 Å². The summed E-state index contributed by atoms with van der Waals surface area (Å²) in [4.78, 5) is 31.0. The number of pyridine rings is 1. The maximum Gasteiger partial charge on any atom is 0.253 e. The number of hydrogen-bond acceptors (Lipinski definition) is 4. The molecule has 1 aliphatic rings. The van der Waals surface area contributed by atoms with Gasteiger partial charge in [0.1, 0.15) is 0 Å². The molecule has 1 saturated heterocycles. The van der Waals surface area contributed by atoms with Gasteiger partial charge in [0.25, 0.3) is 5.91 Å². The number of benzene rings is 1. The fourth-order valence-electron chi connectivity index (χ4n) is 4.37. The molecule has 30 heavy (non-hydrogen) atoms. The summed E-state index contributed by atoms with van der Waals surface area (Å²) in [6.45, 7) is 8.68. The number of aromatic nitrogens is 1. The minimum absolute atomic E-state index is 0.00421. The van der Waals surface area contributed by atoms with Crippen LogP contribution in [0.5, 0.6) is 0 Å². The minimum Gasteiger partial charge on any atom is -0.351 e. The van der Waals surface area contributed by atoms with E-state index in [1.165, 1.54) is 0 Å². The third kappa shape index (κ3) is 5.66. The molecule has 6 nitrogen and oxygen atoms in total. The Morgan fingerprint density at radius 2 is 1.97 bits per heavy atom. The standard InChI is InChI=1S/C24H32N4O2/c1-17-11-12-25-18(2)22(17)24(30)26-13-15-28-14-7-10-21(16-28)23(27-19(3)29)20-8-5-4-6-9-20/h4-6,8-9,11-12,21,23H,7,10,13-16H2,1-3H3,(H,26,30)(H,27,29). The van der Waals surface area contributed by atoms with Crippen LogP contribution in [-0.2, 0) is 4.79 Å². The van der Waals surface area contributed by atoms with Gasteiger partial charge in [-0.2, -0.15) is 0 Å². The zero-order valence-electron chi connectivity index (χ0n) is 18.1. The number of rotatable bonds is 7. The molecule has 6 heteroatoms. The fraction of sp³-hybridized carbons (Fsp3) is 0.458. The summed E-state index contributed by atoms with van der Waals surface area (Å²) in [5.41, 5.74) is 3.52. The van der Waals surface area contributed by atoms with Crippen LogP contribution in [0.2, 0.25) is 0 Å². The van der Waals surface area contributed by atoms with E-state index in [4.69, 9.17) is 0 Å². The van der Waals surface area contributed by atoms with Crippen LogP contribution in [0.15, 0.2) is 42.6 Å². The molecule has 1 aromatic heterocycles. The zero-order valence-corrected chi connectivity index (χ0v) is 18.1. The third-order valence-corrected chi connectivity index (χ3v) is 5.82. The maximum absolute atomic E-state index is 12.6. The van der Waals surface area contributed by atoms with Gasteiger partial charge in [0, 0.05) is 32.8 Å². The molecule has 2 unspecified atom stereocenters. The lowest BCUT2D eigenvalue weighted by Gasteiger charge is -2.37. The lowest BCUT2D eigenvalue weighted by Crippen LogP contribution is -2.45. The van der Waals surface area contributed by atoms with E-state index in [0.29, 0.717) is 18.0 Å². The lowest BCUT2D eigenvalue weighted by molar-refractivity contribution is -0.120. The molecule has 0 saturated carbocycles. The van der Waals surface area contributed by atoms with E-state index in [2.05, 4.69) is 32.7 Å². The van der Waals surface area contributed by atoms with Crippen molar-refractivity contribution in [3.8, 4) is 0 Å². The first-order chi connectivity index (χ1) is 14.5. The molecule has 0 spiro atoms. The molecular weight excluding hydrogens is 376 g/mol. The second-order valence-electron chi connectivity index (χ2n) is 8.14. The van der Waals surface area contributed by atoms with Crippen molar-refractivity contribution in [2.45, 2.75) is 39.7 Å². The number of likely N-dealkylation sites (tertiary alicyclic amines) is 1. The Hall–Kier alpha value is -2.73. The number of aryl methyl sites for hydroxylation is 2. The molecule has 0 aliphatic carbocycles. The Balaban J connectivity index is 1.57. The van der Waals surface area contributed by atoms with Gasteiger partial charge in [0.05, 0.1) is 17.3 Å². The number of carbonyl (C=O) groups is 2. The van der Waals surface area contributed by atoms with Crippen LogP contribution in [-0.4, -0.2) is 47.9 Å². The number of amides is 2. The van der Waals surface area contributed by atoms with Gasteiger partial charge in [-0.1, -0.05) is 30.3 Å². The number of piperidine rings is 1. The number of carbonyl (C=O) groups excluding carboxylic acids is 2. The van der Waals surface area contributed by atoms with Crippen LogP contribution in [0.4, 0.5) is 0 Å². The highest BCUT2D eigenvalue weighted by Gasteiger charge is 2.29. The average Bonchev–Trinajstić information content (AvgIpc) is 2.73. The van der Waals surface area contributed by atoms with E-state index in [-0.39, 0.29) is 17.9 Å². The summed E-state index contributed by atoms with van der Waals surface area (Å²) >= 11 is 0. The second-order valence-corrected chi connectivity index (χ2v) is 8.14. The van der Waals surface area contributed by atoms with Crippen molar-refractivity contribution in [1.82, 2.24) is 20.5 Å². The monoisotopic (exact) mass is 408 g/mol. The van der Waals surface area contributed by atoms with Gasteiger partial charge in [-0.05, 0) is 56.3 Å². The second kappa shape index (κ2) is 10.3. The molecule has 2 amide bonds. The van der Waals surface area contributed by atoms with Crippen molar-refractivity contribution in [3.63, 3.8) is 0 Å². The number of nitrogens with zero attached hydrogens (tertiary/aromatic N) is 2. The fourth-order valence-corrected chi connectivity index (χ4v) is 4.37. The van der Waals surface area contributed by atoms with Crippen molar-refractivity contribution >= 4 is 11.8 Å². The topological polar surface area (TPSA) is 74.3 Å². The Morgan fingerprint density at radius 1 is 1.20 bits per heavy atom. The SMILES string of the molecule is CC(=O)NC(c1ccccc1)C1CCCN(CCNC(=O)c2c(C)ccnc2C)C1. The minimum atomic E-state index is -0.0629. The Bertz CT molecular complexity index is 849. The average molecular weight is 409 g/mol. The molecule has 1 aromatic carbocycles. The van der Waals surface area contributed by atoms with Crippen LogP contribution in [0.1, 0.15) is 53.0 Å². The van der Waals surface area contributed by atoms with Gasteiger partial charge >= 0.3 is 0 Å². The molecule has 2 aromatic rings. The molecule has 160 valence electrons. The molecule has 1 fully saturated rings. The first-order valence-corrected chi connectivity index (χ1v) is 10.7. The molecular formula is C24H32N4O2. The van der Waals surface area contributed by atoms with E-state index in [1.807, 2.05) is 38.1 Å². The van der Waals surface area contributed by atoms with Crippen LogP contribution in [0, 0.1) is 19.8 Å². The van der Waals surface area contributed by atoms with E-state index in [9.17, 15) is 9.59 Å². The Kier molecular flexibility index (Phi) is 7.57. The Morgan fingerprint density at radius 3 is 2.67 bits per heavy atom. The van der Waals surface area contributed by atoms with Crippen molar-refractivity contribution in [2.24, 2.45) is 5.92 Å². The maximum atomic E-state index is 12.6. The summed E-state index contributed by atoms with van der Waals surface area (Å²) in [5.74, 6) is 0.283. The van der Waals surface area contributed by atoms with Crippen LogP contribution < -0.4 is 10.6 Å². The van der Waals surface area contributed by atoms with E-state index < -0.39 is 0 Å². The summed E-state index contributed by atoms with van der Waals surface area (Å²) in [5, 5.41) is 6.20. The van der Waals surface area contributed by atoms with Gasteiger partial charge < -0.3 is 15.5 Å². The summed E-state index contributed by atoms with van der Waals surface area (Å²) in [6.07, 6.45) is 3.90. The molecule has 1 aliphatic heterocycles. The molecule has 2 atom stereocenters. The highest BCUT2D eigenvalue weighted by Crippen LogP contribution is 2.29. The molecule has 2 heterocycles. The van der Waals surface area contributed by atoms with Crippen LogP contribution >= 0.6 is 0 Å². The van der Waals surface area contributed by atoms with Crippen molar-refractivity contribution in [2.75, 3.05) is 26.2 Å². The van der Waals surface area contributed by atoms with Gasteiger partial charge in [0.15, 0.2) is 0 Å². The first kappa shape index (κ1) is 22.0. The Labute approximate surface area is 179 Å². The zero-order chi connectivity index (χ0) is 21.5. The predicted octanol–water partition coefficient (Wildman–Crippen LogP) is 3.02. The highest BCUT2D eigenvalue weighted by molar-refractivity contribution is 5.96. The summed E-state index contributed by atoms with van der Waals surface area (Å²) in [7, 11) is 0. The quantitative estimate of drug-likeness (QED) is 0.739. The molecule has 0 radical (unpaired) electrons. The summed E-state index contributed by atoms with van der Waals surface area (Å²) < 4.78 is 0. The smallest absolute Gasteiger partial charge is 0.253 e. The van der Waals surface area contributed by atoms with Gasteiger partial charge in [-0.25, -0.2) is 0 Å². The first-order valence-electron chi connectivity index (χ1n) is 10.7. The normalized spacial score (nSPS) is 17.9. The molecule has 2 N–H and O–H groups in total. The largest absolute Gasteiger partial charge is 0.351 e. The lowest BCUT2D eigenvalue weighted by atomic mass is 9.86. The number of nitrogens with one attached hydrogen (secondary N) is 2. The number of hydrogen-bond donors (Lipinski definition) is 2. The third-order valence-electron chi connectivity index (χ3n) is 5.82. The van der Waals surface area contributed by atoms with E-state index >= 15 is 0 Å². The molecule has 0 bridgehead atoms. The van der Waals surface area contributed by atoms with Gasteiger partial charge in [0.2, 0.25) is 5.91 Å². The van der Waals surface area contributed by atoms with Crippen LogP contribution in [0.25, 0.3) is 0 Å². The van der Waals surface area contributed by atoms with Gasteiger partial charge in [-0.15, -0.1) is 0 Å².